The molecule has 0 spiro atoms. The van der Waals surface area contributed by atoms with Gasteiger partial charge in [-0.15, -0.1) is 0 Å². The fourth-order valence-electron chi connectivity index (χ4n) is 1.72. The molecule has 1 rings (SSSR count). The average molecular weight is 281 g/mol. The van der Waals surface area contributed by atoms with Crippen molar-refractivity contribution in [1.82, 2.24) is 5.32 Å². The molecule has 5 nitrogen and oxygen atoms in total. The van der Waals surface area contributed by atoms with E-state index in [4.69, 9.17) is 14.2 Å². The van der Waals surface area contributed by atoms with Gasteiger partial charge in [0.1, 0.15) is 5.54 Å². The van der Waals surface area contributed by atoms with E-state index in [1.54, 1.807) is 28.0 Å². The molecule has 0 saturated heterocycles. The average Bonchev–Trinajstić information content (AvgIpc) is 2.47. The van der Waals surface area contributed by atoms with Gasteiger partial charge < -0.3 is 19.5 Å². The molecule has 0 aliphatic rings. The number of ether oxygens (including phenoxy) is 3. The van der Waals surface area contributed by atoms with Crippen LogP contribution in [0.1, 0.15) is 20.3 Å². The van der Waals surface area contributed by atoms with Crippen molar-refractivity contribution in [3.8, 4) is 11.5 Å². The Labute approximate surface area is 120 Å². The van der Waals surface area contributed by atoms with Gasteiger partial charge in [0.15, 0.2) is 11.5 Å². The Bertz CT molecular complexity index is 436. The Morgan fingerprint density at radius 1 is 1.30 bits per heavy atom. The van der Waals surface area contributed by atoms with Crippen LogP contribution in [0.25, 0.3) is 0 Å². The fraction of sp³-hybridized carbons (Fsp3) is 0.533. The van der Waals surface area contributed by atoms with Crippen LogP contribution in [0.2, 0.25) is 0 Å². The lowest BCUT2D eigenvalue weighted by Gasteiger charge is -2.26. The molecule has 0 heterocycles. The van der Waals surface area contributed by atoms with E-state index < -0.39 is 5.54 Å². The first-order valence-electron chi connectivity index (χ1n) is 6.69. The van der Waals surface area contributed by atoms with Crippen molar-refractivity contribution in [3.63, 3.8) is 0 Å². The lowest BCUT2D eigenvalue weighted by atomic mass is 9.99. The van der Waals surface area contributed by atoms with Gasteiger partial charge in [0, 0.05) is 6.42 Å². The van der Waals surface area contributed by atoms with Gasteiger partial charge in [0.2, 0.25) is 0 Å². The predicted octanol–water partition coefficient (Wildman–Crippen LogP) is 2.01. The van der Waals surface area contributed by atoms with E-state index in [9.17, 15) is 4.79 Å². The lowest BCUT2D eigenvalue weighted by Crippen LogP contribution is -2.49. The molecule has 1 unspecified atom stereocenters. The number of likely N-dealkylation sites (N-methyl/N-ethyl adjacent to an activating group) is 1. The normalized spacial score (nSPS) is 13.4. The van der Waals surface area contributed by atoms with Crippen molar-refractivity contribution in [2.75, 3.05) is 27.4 Å². The second-order valence-corrected chi connectivity index (χ2v) is 4.55. The van der Waals surface area contributed by atoms with Crippen LogP contribution in [-0.4, -0.2) is 38.9 Å². The molecule has 0 amide bonds. The third kappa shape index (κ3) is 4.13. The van der Waals surface area contributed by atoms with Crippen molar-refractivity contribution in [1.29, 1.82) is 0 Å². The van der Waals surface area contributed by atoms with E-state index >= 15 is 0 Å². The number of methoxy groups -OCH3 is 1. The third-order valence-electron chi connectivity index (χ3n) is 3.21. The van der Waals surface area contributed by atoms with E-state index in [1.807, 2.05) is 24.3 Å². The van der Waals surface area contributed by atoms with Crippen LogP contribution in [0.3, 0.4) is 0 Å². The minimum absolute atomic E-state index is 0.272. The Balaban J connectivity index is 2.59. The van der Waals surface area contributed by atoms with E-state index in [1.165, 1.54) is 0 Å². The zero-order valence-corrected chi connectivity index (χ0v) is 12.6. The Kier molecular flexibility index (Phi) is 6.31. The molecule has 5 heteroatoms. The fourth-order valence-corrected chi connectivity index (χ4v) is 1.72. The molecule has 20 heavy (non-hydrogen) atoms. The zero-order valence-electron chi connectivity index (χ0n) is 12.6. The van der Waals surface area contributed by atoms with Gasteiger partial charge in [-0.05, 0) is 33.0 Å². The molecule has 0 aromatic heterocycles. The molecule has 1 aromatic rings. The van der Waals surface area contributed by atoms with Gasteiger partial charge in [-0.3, -0.25) is 4.79 Å². The van der Waals surface area contributed by atoms with E-state index in [0.29, 0.717) is 31.1 Å². The van der Waals surface area contributed by atoms with Crippen LogP contribution < -0.4 is 14.8 Å². The summed E-state index contributed by atoms with van der Waals surface area (Å²) in [4.78, 5) is 11.9. The second-order valence-electron chi connectivity index (χ2n) is 4.55. The van der Waals surface area contributed by atoms with E-state index in [-0.39, 0.29) is 5.97 Å². The molecule has 0 aliphatic heterocycles. The molecule has 1 N–H and O–H groups in total. The van der Waals surface area contributed by atoms with Crippen LogP contribution >= 0.6 is 0 Å². The maximum Gasteiger partial charge on any atom is 0.326 e. The molecule has 0 aliphatic carbocycles. The van der Waals surface area contributed by atoms with Crippen molar-refractivity contribution < 1.29 is 19.0 Å². The topological polar surface area (TPSA) is 56.8 Å². The van der Waals surface area contributed by atoms with Crippen molar-refractivity contribution in [2.45, 2.75) is 25.8 Å². The molecule has 1 atom stereocenters. The lowest BCUT2D eigenvalue weighted by molar-refractivity contribution is -0.150. The summed E-state index contributed by atoms with van der Waals surface area (Å²) in [6.07, 6.45) is 0.500. The van der Waals surface area contributed by atoms with Crippen LogP contribution in [0.15, 0.2) is 24.3 Å². The standard InChI is InChI=1S/C15H23NO4/c1-5-19-14(17)15(2,16-3)10-11-20-13-9-7-6-8-12(13)18-4/h6-9,16H,5,10-11H2,1-4H3. The largest absolute Gasteiger partial charge is 0.493 e. The first kappa shape index (κ1) is 16.3. The van der Waals surface area contributed by atoms with Crippen LogP contribution in [0.4, 0.5) is 0 Å². The SMILES string of the molecule is CCOC(=O)C(C)(CCOc1ccccc1OC)NC. The van der Waals surface area contributed by atoms with E-state index in [2.05, 4.69) is 5.32 Å². The van der Waals surface area contributed by atoms with Crippen LogP contribution in [0.5, 0.6) is 11.5 Å². The number of benzene rings is 1. The second kappa shape index (κ2) is 7.75. The minimum atomic E-state index is -0.752. The van der Waals surface area contributed by atoms with Gasteiger partial charge in [0.25, 0.3) is 0 Å². The van der Waals surface area contributed by atoms with E-state index in [0.717, 1.165) is 0 Å². The first-order valence-corrected chi connectivity index (χ1v) is 6.69. The number of para-hydroxylation sites is 2. The molecule has 0 saturated carbocycles. The number of nitrogens with one attached hydrogen (secondary N) is 1. The summed E-state index contributed by atoms with van der Waals surface area (Å²) in [6.45, 7) is 4.34. The quantitative estimate of drug-likeness (QED) is 0.739. The third-order valence-corrected chi connectivity index (χ3v) is 3.21. The number of carbonyl (C=O) groups is 1. The molecule has 0 radical (unpaired) electrons. The van der Waals surface area contributed by atoms with Crippen molar-refractivity contribution >= 4 is 5.97 Å². The smallest absolute Gasteiger partial charge is 0.326 e. The highest BCUT2D eigenvalue weighted by Gasteiger charge is 2.32. The molecule has 0 bridgehead atoms. The maximum absolute atomic E-state index is 11.9. The molecule has 0 fully saturated rings. The van der Waals surface area contributed by atoms with Gasteiger partial charge in [-0.25, -0.2) is 0 Å². The number of hydrogen-bond donors (Lipinski definition) is 1. The molecule has 112 valence electrons. The number of rotatable bonds is 8. The summed E-state index contributed by atoms with van der Waals surface area (Å²) in [6, 6.07) is 7.42. The zero-order chi connectivity index (χ0) is 15.0. The van der Waals surface area contributed by atoms with Gasteiger partial charge in [-0.2, -0.15) is 0 Å². The Hall–Kier alpha value is -1.75. The number of carbonyl (C=O) groups excluding carboxylic acids is 1. The Morgan fingerprint density at radius 3 is 2.50 bits per heavy atom. The van der Waals surface area contributed by atoms with Gasteiger partial charge in [-0.1, -0.05) is 12.1 Å². The summed E-state index contributed by atoms with van der Waals surface area (Å²) >= 11 is 0. The number of esters is 1. The summed E-state index contributed by atoms with van der Waals surface area (Å²) in [7, 11) is 3.33. The van der Waals surface area contributed by atoms with Crippen molar-refractivity contribution in [2.24, 2.45) is 0 Å². The monoisotopic (exact) mass is 281 g/mol. The maximum atomic E-state index is 11.9. The first-order chi connectivity index (χ1) is 9.57. The molecule has 1 aromatic carbocycles. The summed E-state index contributed by atoms with van der Waals surface area (Å²) in [5, 5.41) is 2.99. The number of hydrogen-bond acceptors (Lipinski definition) is 5. The molecular weight excluding hydrogens is 258 g/mol. The van der Waals surface area contributed by atoms with Gasteiger partial charge >= 0.3 is 5.97 Å². The predicted molar refractivity (Wildman–Crippen MR) is 77.2 cm³/mol. The highest BCUT2D eigenvalue weighted by atomic mass is 16.5. The molecular formula is C15H23NO4. The minimum Gasteiger partial charge on any atom is -0.493 e. The summed E-state index contributed by atoms with van der Waals surface area (Å²) in [5.74, 6) is 1.07. The van der Waals surface area contributed by atoms with Crippen molar-refractivity contribution in [3.05, 3.63) is 24.3 Å². The van der Waals surface area contributed by atoms with Crippen LogP contribution in [-0.2, 0) is 9.53 Å². The summed E-state index contributed by atoms with van der Waals surface area (Å²) < 4.78 is 16.0. The highest BCUT2D eigenvalue weighted by molar-refractivity contribution is 5.80. The highest BCUT2D eigenvalue weighted by Crippen LogP contribution is 2.26. The van der Waals surface area contributed by atoms with Crippen LogP contribution in [0, 0.1) is 0 Å². The summed E-state index contributed by atoms with van der Waals surface area (Å²) in [5.41, 5.74) is -0.752. The Morgan fingerprint density at radius 2 is 1.95 bits per heavy atom. The van der Waals surface area contributed by atoms with Gasteiger partial charge in [0.05, 0.1) is 20.3 Å².